The number of hydrogen-bond donors (Lipinski definition) is 0. The number of alkyl halides is 9. The predicted molar refractivity (Wildman–Crippen MR) is 53.1 cm³/mol. The highest BCUT2D eigenvalue weighted by molar-refractivity contribution is 6.54. The molecule has 0 aliphatic heterocycles. The zero-order valence-electron chi connectivity index (χ0n) is 7.45. The van der Waals surface area contributed by atoms with Gasteiger partial charge in [0, 0.05) is 0 Å². The van der Waals surface area contributed by atoms with Crippen LogP contribution in [0.25, 0.3) is 0 Å². The first-order chi connectivity index (χ1) is 7.41. The van der Waals surface area contributed by atoms with Crippen molar-refractivity contribution < 1.29 is 31.5 Å². The minimum atomic E-state index is -4.92. The Hall–Kier alpha value is 0.150. The molecule has 0 aromatic carbocycles. The maximum absolute atomic E-state index is 11.2. The fraction of sp³-hybridized carbons (Fsp3) is 0.667. The van der Waals surface area contributed by atoms with Crippen molar-refractivity contribution >= 4 is 58.0 Å². The minimum Gasteiger partial charge on any atom is -0.290 e. The Morgan fingerprint density at radius 1 is 0.882 bits per heavy atom. The van der Waals surface area contributed by atoms with E-state index in [-0.39, 0.29) is 0 Å². The third-order valence-electron chi connectivity index (χ3n) is 0.908. The molecule has 2 nitrogen and oxygen atoms in total. The number of carbonyl (C=O) groups excluding carboxylic acids is 2. The Morgan fingerprint density at radius 3 is 1.24 bits per heavy atom. The number of carbonyl (C=O) groups is 2. The number of hydrogen-bond acceptors (Lipinski definition) is 2. The fourth-order valence-corrected chi connectivity index (χ4v) is 0.657. The molecule has 0 fully saturated rings. The molecule has 0 amide bonds. The van der Waals surface area contributed by atoms with Gasteiger partial charge in [0.15, 0.2) is 9.67 Å². The average Bonchev–Trinajstić information content (AvgIpc) is 2.14. The minimum absolute atomic E-state index is 1.45. The fourth-order valence-electron chi connectivity index (χ4n) is 0.219. The lowest BCUT2D eigenvalue weighted by Crippen LogP contribution is -2.27. The molecule has 0 heterocycles. The van der Waals surface area contributed by atoms with E-state index in [9.17, 15) is 31.5 Å². The van der Waals surface area contributed by atoms with Crippen LogP contribution < -0.4 is 0 Å². The molecule has 17 heavy (non-hydrogen) atoms. The SMILES string of the molecule is O=C(C(Cl)Cl)C(F)(F)F.O=C(C(F)F)C(Cl)Cl. The summed E-state index contributed by atoms with van der Waals surface area (Å²) < 4.78 is 55.9. The topological polar surface area (TPSA) is 34.1 Å². The van der Waals surface area contributed by atoms with Gasteiger partial charge in [0.05, 0.1) is 0 Å². The third-order valence-corrected chi connectivity index (χ3v) is 1.73. The van der Waals surface area contributed by atoms with E-state index < -0.39 is 33.8 Å². The molecule has 0 unspecified atom stereocenters. The molecule has 102 valence electrons. The first-order valence-corrected chi connectivity index (χ1v) is 5.15. The molecule has 0 saturated carbocycles. The Morgan fingerprint density at radius 2 is 1.24 bits per heavy atom. The smallest absolute Gasteiger partial charge is 0.290 e. The Kier molecular flexibility index (Phi) is 9.50. The lowest BCUT2D eigenvalue weighted by atomic mass is 10.4. The third kappa shape index (κ3) is 9.82. The molecule has 0 aromatic rings. The van der Waals surface area contributed by atoms with E-state index in [0.717, 1.165) is 0 Å². The first-order valence-electron chi connectivity index (χ1n) is 3.40. The monoisotopic (exact) mass is 342 g/mol. The lowest BCUT2D eigenvalue weighted by Gasteiger charge is -2.03. The van der Waals surface area contributed by atoms with Gasteiger partial charge in [-0.1, -0.05) is 46.4 Å². The quantitative estimate of drug-likeness (QED) is 0.580. The molecular weight excluding hydrogens is 341 g/mol. The van der Waals surface area contributed by atoms with Crippen molar-refractivity contribution in [3.63, 3.8) is 0 Å². The van der Waals surface area contributed by atoms with Crippen molar-refractivity contribution in [2.75, 3.05) is 0 Å². The molecule has 0 atom stereocenters. The van der Waals surface area contributed by atoms with Gasteiger partial charge in [-0.3, -0.25) is 9.59 Å². The number of ketones is 2. The van der Waals surface area contributed by atoms with Gasteiger partial charge < -0.3 is 0 Å². The van der Waals surface area contributed by atoms with Gasteiger partial charge in [0.2, 0.25) is 5.78 Å². The van der Waals surface area contributed by atoms with E-state index in [1.165, 1.54) is 0 Å². The van der Waals surface area contributed by atoms with E-state index in [1.54, 1.807) is 0 Å². The second-order valence-corrected chi connectivity index (χ2v) is 4.36. The summed E-state index contributed by atoms with van der Waals surface area (Å²) in [5.41, 5.74) is 0. The van der Waals surface area contributed by atoms with Crippen LogP contribution in [0.1, 0.15) is 0 Å². The zero-order valence-corrected chi connectivity index (χ0v) is 10.5. The Balaban J connectivity index is 0. The van der Waals surface area contributed by atoms with E-state index in [0.29, 0.717) is 0 Å². The maximum atomic E-state index is 11.2. The summed E-state index contributed by atoms with van der Waals surface area (Å²) in [6, 6.07) is 0. The molecule has 0 N–H and O–H groups in total. The number of rotatable bonds is 3. The van der Waals surface area contributed by atoms with Crippen LogP contribution in [0.5, 0.6) is 0 Å². The number of halogens is 9. The van der Waals surface area contributed by atoms with E-state index in [1.807, 2.05) is 0 Å². The van der Waals surface area contributed by atoms with E-state index in [4.69, 9.17) is 23.2 Å². The van der Waals surface area contributed by atoms with Crippen LogP contribution in [0.3, 0.4) is 0 Å². The maximum Gasteiger partial charge on any atom is 0.452 e. The normalized spacial score (nSPS) is 11.5. The summed E-state index contributed by atoms with van der Waals surface area (Å²) in [7, 11) is 0. The molecule has 0 spiro atoms. The van der Waals surface area contributed by atoms with Gasteiger partial charge in [-0.05, 0) is 0 Å². The van der Waals surface area contributed by atoms with Crippen LogP contribution in [0.4, 0.5) is 22.0 Å². The molecule has 0 rings (SSSR count). The predicted octanol–water partition coefficient (Wildman–Crippen LogP) is 3.55. The van der Waals surface area contributed by atoms with Crippen molar-refractivity contribution in [3.8, 4) is 0 Å². The summed E-state index contributed by atoms with van der Waals surface area (Å²) in [5, 5.41) is 0. The standard InChI is InChI=1S/C3HCl2F3O.C3H2Cl2F2O/c4-2(5)1(9)3(6,7)8;4-2(5)1(8)3(6)7/h2H;2-3H. The molecule has 11 heteroatoms. The zero-order chi connectivity index (χ0) is 14.4. The van der Waals surface area contributed by atoms with Crippen molar-refractivity contribution in [1.82, 2.24) is 0 Å². The summed E-state index contributed by atoms with van der Waals surface area (Å²) in [6.45, 7) is 0. The molecule has 0 aliphatic rings. The first kappa shape index (κ1) is 19.5. The van der Waals surface area contributed by atoms with Gasteiger partial charge in [-0.15, -0.1) is 0 Å². The van der Waals surface area contributed by atoms with E-state index in [2.05, 4.69) is 23.2 Å². The number of Topliss-reactive ketones (excluding diaryl/α,β-unsaturated/α-hetero) is 2. The van der Waals surface area contributed by atoms with Gasteiger partial charge in [-0.2, -0.15) is 13.2 Å². The van der Waals surface area contributed by atoms with E-state index >= 15 is 0 Å². The molecule has 0 bridgehead atoms. The molecule has 0 aromatic heterocycles. The van der Waals surface area contributed by atoms with Crippen molar-refractivity contribution in [3.05, 3.63) is 0 Å². The van der Waals surface area contributed by atoms with Crippen LogP contribution >= 0.6 is 46.4 Å². The summed E-state index contributed by atoms with van der Waals surface area (Å²) in [4.78, 5) is 16.0. The molecular formula is C6H3Cl4F5O2. The highest BCUT2D eigenvalue weighted by Crippen LogP contribution is 2.21. The van der Waals surface area contributed by atoms with Crippen LogP contribution in [0, 0.1) is 0 Å². The highest BCUT2D eigenvalue weighted by atomic mass is 35.5. The van der Waals surface area contributed by atoms with Crippen LogP contribution in [0.2, 0.25) is 0 Å². The van der Waals surface area contributed by atoms with Crippen LogP contribution in [-0.2, 0) is 9.59 Å². The lowest BCUT2D eigenvalue weighted by molar-refractivity contribution is -0.169. The van der Waals surface area contributed by atoms with Crippen LogP contribution in [0.15, 0.2) is 0 Å². The average molecular weight is 344 g/mol. The largest absolute Gasteiger partial charge is 0.452 e. The Labute approximate surface area is 112 Å². The van der Waals surface area contributed by atoms with Crippen LogP contribution in [-0.4, -0.2) is 33.8 Å². The second-order valence-electron chi connectivity index (χ2n) is 2.17. The van der Waals surface area contributed by atoms with Crippen molar-refractivity contribution in [2.45, 2.75) is 22.3 Å². The molecule has 0 aliphatic carbocycles. The molecule has 0 saturated heterocycles. The highest BCUT2D eigenvalue weighted by Gasteiger charge is 2.41. The second kappa shape index (κ2) is 8.29. The summed E-state index contributed by atoms with van der Waals surface area (Å²) in [6.07, 6.45) is -7.98. The van der Waals surface area contributed by atoms with Gasteiger partial charge in [0.25, 0.3) is 12.2 Å². The Bertz CT molecular complexity index is 256. The van der Waals surface area contributed by atoms with Gasteiger partial charge in [0.1, 0.15) is 0 Å². The van der Waals surface area contributed by atoms with Gasteiger partial charge >= 0.3 is 6.18 Å². The van der Waals surface area contributed by atoms with Gasteiger partial charge in [-0.25, -0.2) is 8.78 Å². The van der Waals surface area contributed by atoms with Crippen molar-refractivity contribution in [1.29, 1.82) is 0 Å². The van der Waals surface area contributed by atoms with Crippen molar-refractivity contribution in [2.24, 2.45) is 0 Å². The molecule has 0 radical (unpaired) electrons. The summed E-state index contributed by atoms with van der Waals surface area (Å²) in [5.74, 6) is -3.58. The summed E-state index contributed by atoms with van der Waals surface area (Å²) >= 11 is 18.7.